The Morgan fingerprint density at radius 2 is 1.76 bits per heavy atom. The van der Waals surface area contributed by atoms with Crippen LogP contribution in [0, 0.1) is 0 Å². The molecule has 0 aliphatic rings. The van der Waals surface area contributed by atoms with Gasteiger partial charge in [-0.25, -0.2) is 4.98 Å². The zero-order valence-electron chi connectivity index (χ0n) is 15.8. The van der Waals surface area contributed by atoms with Crippen molar-refractivity contribution in [2.45, 2.75) is 0 Å². The SMILES string of the molecule is COc1nc(-c2cccc(-c3ccc4c(C=O)cn(C)c4c3)c2Cl)ccc1C=O. The largest absolute Gasteiger partial charge is 0.480 e. The molecule has 0 unspecified atom stereocenters. The lowest BCUT2D eigenvalue weighted by atomic mass is 9.99. The Balaban J connectivity index is 1.85. The second kappa shape index (κ2) is 7.53. The van der Waals surface area contributed by atoms with Crippen LogP contribution in [0.3, 0.4) is 0 Å². The van der Waals surface area contributed by atoms with Gasteiger partial charge in [0.1, 0.15) is 0 Å². The fourth-order valence-electron chi connectivity index (χ4n) is 3.48. The number of ether oxygens (including phenoxy) is 1. The van der Waals surface area contributed by atoms with Crippen LogP contribution in [0.1, 0.15) is 20.7 Å². The van der Waals surface area contributed by atoms with Crippen LogP contribution < -0.4 is 4.74 Å². The highest BCUT2D eigenvalue weighted by Crippen LogP contribution is 2.37. The highest BCUT2D eigenvalue weighted by atomic mass is 35.5. The van der Waals surface area contributed by atoms with Gasteiger partial charge in [-0.05, 0) is 23.8 Å². The van der Waals surface area contributed by atoms with E-state index in [0.29, 0.717) is 28.1 Å². The predicted molar refractivity (Wildman–Crippen MR) is 114 cm³/mol. The molecule has 2 aromatic carbocycles. The number of nitrogens with zero attached hydrogens (tertiary/aromatic N) is 2. The van der Waals surface area contributed by atoms with Crippen molar-refractivity contribution < 1.29 is 14.3 Å². The Morgan fingerprint density at radius 1 is 1.00 bits per heavy atom. The number of rotatable bonds is 5. The first-order valence-electron chi connectivity index (χ1n) is 8.91. The molecule has 4 rings (SSSR count). The summed E-state index contributed by atoms with van der Waals surface area (Å²) in [5, 5.41) is 1.44. The number of carbonyl (C=O) groups excluding carboxylic acids is 2. The monoisotopic (exact) mass is 404 g/mol. The first-order chi connectivity index (χ1) is 14.1. The number of aldehydes is 2. The van der Waals surface area contributed by atoms with E-state index in [0.717, 1.165) is 33.9 Å². The van der Waals surface area contributed by atoms with Crippen molar-refractivity contribution in [1.29, 1.82) is 0 Å². The number of aryl methyl sites for hydroxylation is 1. The summed E-state index contributed by atoms with van der Waals surface area (Å²) in [7, 11) is 3.38. The summed E-state index contributed by atoms with van der Waals surface area (Å²) in [6.07, 6.45) is 3.37. The number of methoxy groups -OCH3 is 1. The van der Waals surface area contributed by atoms with Crippen molar-refractivity contribution in [3.05, 3.63) is 70.9 Å². The maximum atomic E-state index is 11.3. The van der Waals surface area contributed by atoms with Crippen LogP contribution >= 0.6 is 11.6 Å². The lowest BCUT2D eigenvalue weighted by Gasteiger charge is -2.12. The minimum atomic E-state index is 0.255. The number of hydrogen-bond donors (Lipinski definition) is 0. The maximum Gasteiger partial charge on any atom is 0.224 e. The van der Waals surface area contributed by atoms with Crippen molar-refractivity contribution in [1.82, 2.24) is 9.55 Å². The quantitative estimate of drug-likeness (QED) is 0.429. The molecule has 29 heavy (non-hydrogen) atoms. The Hall–Kier alpha value is -3.44. The van der Waals surface area contributed by atoms with Crippen LogP contribution in [0.2, 0.25) is 5.02 Å². The van der Waals surface area contributed by atoms with Gasteiger partial charge in [-0.1, -0.05) is 41.9 Å². The molecule has 0 aliphatic heterocycles. The fraction of sp³-hybridized carbons (Fsp3) is 0.0870. The van der Waals surface area contributed by atoms with Crippen LogP contribution in [0.25, 0.3) is 33.3 Å². The molecular weight excluding hydrogens is 388 g/mol. The normalized spacial score (nSPS) is 10.9. The van der Waals surface area contributed by atoms with Gasteiger partial charge in [-0.3, -0.25) is 9.59 Å². The van der Waals surface area contributed by atoms with Gasteiger partial charge in [0.15, 0.2) is 12.6 Å². The molecule has 0 aliphatic carbocycles. The van der Waals surface area contributed by atoms with Crippen LogP contribution in [0.15, 0.2) is 54.7 Å². The number of hydrogen-bond acceptors (Lipinski definition) is 4. The molecule has 4 aromatic rings. The maximum absolute atomic E-state index is 11.3. The molecule has 6 heteroatoms. The van der Waals surface area contributed by atoms with Crippen molar-refractivity contribution in [2.24, 2.45) is 7.05 Å². The summed E-state index contributed by atoms with van der Waals surface area (Å²) in [6.45, 7) is 0. The van der Waals surface area contributed by atoms with E-state index in [9.17, 15) is 9.59 Å². The molecule has 0 fully saturated rings. The lowest BCUT2D eigenvalue weighted by molar-refractivity contribution is 0.111. The number of aromatic nitrogens is 2. The van der Waals surface area contributed by atoms with E-state index in [1.165, 1.54) is 7.11 Å². The first-order valence-corrected chi connectivity index (χ1v) is 9.29. The third-order valence-corrected chi connectivity index (χ3v) is 5.35. The molecular formula is C23H17ClN2O3. The van der Waals surface area contributed by atoms with Crippen LogP contribution in [-0.4, -0.2) is 29.2 Å². The Labute approximate surface area is 172 Å². The van der Waals surface area contributed by atoms with Crippen molar-refractivity contribution in [3.63, 3.8) is 0 Å². The van der Waals surface area contributed by atoms with E-state index in [1.54, 1.807) is 12.1 Å². The van der Waals surface area contributed by atoms with Gasteiger partial charge in [0, 0.05) is 40.8 Å². The van der Waals surface area contributed by atoms with Gasteiger partial charge in [0.2, 0.25) is 5.88 Å². The predicted octanol–water partition coefficient (Wildman–Crippen LogP) is 5.19. The smallest absolute Gasteiger partial charge is 0.224 e. The summed E-state index contributed by atoms with van der Waals surface area (Å²) in [5.74, 6) is 0.255. The summed E-state index contributed by atoms with van der Waals surface area (Å²) in [4.78, 5) is 26.8. The molecule has 0 radical (unpaired) electrons. The molecule has 0 saturated heterocycles. The van der Waals surface area contributed by atoms with Gasteiger partial charge in [-0.2, -0.15) is 0 Å². The zero-order chi connectivity index (χ0) is 20.5. The zero-order valence-corrected chi connectivity index (χ0v) is 16.6. The molecule has 0 saturated carbocycles. The standard InChI is InChI=1S/C23H17ClN2O3/c1-26-11-16(13-28)17-8-6-14(10-21(17)26)18-4-3-5-19(22(18)24)20-9-7-15(12-27)23(25-20)29-2/h3-13H,1-2H3. The Kier molecular flexibility index (Phi) is 4.91. The lowest BCUT2D eigenvalue weighted by Crippen LogP contribution is -1.96. The van der Waals surface area contributed by atoms with E-state index in [4.69, 9.17) is 16.3 Å². The van der Waals surface area contributed by atoms with Gasteiger partial charge < -0.3 is 9.30 Å². The number of halogens is 1. The third-order valence-electron chi connectivity index (χ3n) is 4.94. The summed E-state index contributed by atoms with van der Waals surface area (Å²) < 4.78 is 7.13. The second-order valence-corrected chi connectivity index (χ2v) is 7.00. The molecule has 0 bridgehead atoms. The van der Waals surface area contributed by atoms with E-state index < -0.39 is 0 Å². The summed E-state index contributed by atoms with van der Waals surface area (Å²) in [6, 6.07) is 15.0. The Bertz CT molecular complexity index is 1260. The number of carbonyl (C=O) groups is 2. The molecule has 0 atom stereocenters. The summed E-state index contributed by atoms with van der Waals surface area (Å²) >= 11 is 6.76. The molecule has 5 nitrogen and oxygen atoms in total. The molecule has 0 N–H and O–H groups in total. The minimum absolute atomic E-state index is 0.255. The van der Waals surface area contributed by atoms with E-state index in [1.807, 2.05) is 54.2 Å². The minimum Gasteiger partial charge on any atom is -0.480 e. The molecule has 144 valence electrons. The number of pyridine rings is 1. The fourth-order valence-corrected chi connectivity index (χ4v) is 3.82. The molecule has 2 heterocycles. The molecule has 0 spiro atoms. The molecule has 0 amide bonds. The van der Waals surface area contributed by atoms with Crippen LogP contribution in [0.5, 0.6) is 5.88 Å². The topological polar surface area (TPSA) is 61.2 Å². The average Bonchev–Trinajstić information content (AvgIpc) is 3.08. The third kappa shape index (κ3) is 3.19. The molecule has 2 aromatic heterocycles. The van der Waals surface area contributed by atoms with E-state index in [-0.39, 0.29) is 5.88 Å². The van der Waals surface area contributed by atoms with Crippen molar-refractivity contribution >= 4 is 35.1 Å². The van der Waals surface area contributed by atoms with Crippen molar-refractivity contribution in [3.8, 4) is 28.3 Å². The van der Waals surface area contributed by atoms with E-state index in [2.05, 4.69) is 4.98 Å². The summed E-state index contributed by atoms with van der Waals surface area (Å²) in [5.41, 5.74) is 5.10. The first kappa shape index (κ1) is 18.9. The highest BCUT2D eigenvalue weighted by molar-refractivity contribution is 6.36. The number of benzene rings is 2. The van der Waals surface area contributed by atoms with Crippen LogP contribution in [0.4, 0.5) is 0 Å². The number of fused-ring (bicyclic) bond motifs is 1. The van der Waals surface area contributed by atoms with Gasteiger partial charge >= 0.3 is 0 Å². The second-order valence-electron chi connectivity index (χ2n) is 6.63. The van der Waals surface area contributed by atoms with Crippen LogP contribution in [-0.2, 0) is 7.05 Å². The van der Waals surface area contributed by atoms with Crippen molar-refractivity contribution in [2.75, 3.05) is 7.11 Å². The average molecular weight is 405 g/mol. The van der Waals surface area contributed by atoms with Gasteiger partial charge in [-0.15, -0.1) is 0 Å². The Morgan fingerprint density at radius 3 is 2.48 bits per heavy atom. The van der Waals surface area contributed by atoms with Gasteiger partial charge in [0.25, 0.3) is 0 Å². The van der Waals surface area contributed by atoms with Gasteiger partial charge in [0.05, 0.1) is 23.4 Å². The highest BCUT2D eigenvalue weighted by Gasteiger charge is 2.15. The van der Waals surface area contributed by atoms with E-state index >= 15 is 0 Å².